The zero-order valence-electron chi connectivity index (χ0n) is 14.0. The van der Waals surface area contributed by atoms with Crippen LogP contribution >= 0.6 is 0 Å². The molecule has 24 heavy (non-hydrogen) atoms. The molecule has 1 saturated carbocycles. The van der Waals surface area contributed by atoms with Gasteiger partial charge in [0, 0.05) is 24.7 Å². The van der Waals surface area contributed by atoms with Crippen molar-refractivity contribution in [3.63, 3.8) is 0 Å². The molecule has 2 atom stereocenters. The zero-order valence-corrected chi connectivity index (χ0v) is 14.8. The molecule has 0 spiro atoms. The molecular formula is C18H22N2O3S. The average molecular weight is 346 g/mol. The van der Waals surface area contributed by atoms with E-state index in [1.54, 1.807) is 18.0 Å². The van der Waals surface area contributed by atoms with Crippen LogP contribution in [0.4, 0.5) is 0 Å². The van der Waals surface area contributed by atoms with E-state index in [2.05, 4.69) is 4.98 Å². The minimum atomic E-state index is -3.18. The standard InChI is InChI=1S/C18H22N2O3S/c1-20(16-9-5-6-10-17(16)24(2,22)23)18(21)15-12-11-13-7-3-4-8-14(13)19-15/h3-4,7-8,11-12,16-17H,5-6,9-10H2,1-2H3/t16-,17+/m1/s1. The Morgan fingerprint density at radius 2 is 1.83 bits per heavy atom. The molecule has 1 aromatic heterocycles. The molecule has 3 rings (SSSR count). The molecule has 1 fully saturated rings. The van der Waals surface area contributed by atoms with Crippen LogP contribution in [0.25, 0.3) is 10.9 Å². The highest BCUT2D eigenvalue weighted by Crippen LogP contribution is 2.28. The smallest absolute Gasteiger partial charge is 0.272 e. The first-order valence-corrected chi connectivity index (χ1v) is 10.2. The Morgan fingerprint density at radius 1 is 1.12 bits per heavy atom. The van der Waals surface area contributed by atoms with E-state index in [1.165, 1.54) is 6.26 Å². The Kier molecular flexibility index (Phi) is 4.58. The van der Waals surface area contributed by atoms with Gasteiger partial charge in [0.15, 0.2) is 9.84 Å². The van der Waals surface area contributed by atoms with Crippen molar-refractivity contribution >= 4 is 26.6 Å². The lowest BCUT2D eigenvalue weighted by molar-refractivity contribution is 0.0695. The first-order chi connectivity index (χ1) is 11.4. The molecule has 2 aromatic rings. The lowest BCUT2D eigenvalue weighted by Gasteiger charge is -2.36. The van der Waals surface area contributed by atoms with E-state index in [1.807, 2.05) is 30.3 Å². The van der Waals surface area contributed by atoms with Gasteiger partial charge in [-0.1, -0.05) is 37.1 Å². The van der Waals surface area contributed by atoms with Gasteiger partial charge in [-0.05, 0) is 25.0 Å². The number of sulfone groups is 1. The van der Waals surface area contributed by atoms with E-state index >= 15 is 0 Å². The molecule has 0 unspecified atom stereocenters. The summed E-state index contributed by atoms with van der Waals surface area (Å²) in [6.07, 6.45) is 4.44. The van der Waals surface area contributed by atoms with Crippen molar-refractivity contribution < 1.29 is 13.2 Å². The van der Waals surface area contributed by atoms with E-state index < -0.39 is 15.1 Å². The van der Waals surface area contributed by atoms with Crippen LogP contribution in [-0.2, 0) is 9.84 Å². The number of hydrogen-bond donors (Lipinski definition) is 0. The fourth-order valence-corrected chi connectivity index (χ4v) is 5.02. The summed E-state index contributed by atoms with van der Waals surface area (Å²) < 4.78 is 24.2. The van der Waals surface area contributed by atoms with Crippen molar-refractivity contribution in [2.75, 3.05) is 13.3 Å². The van der Waals surface area contributed by atoms with Crippen LogP contribution in [0.3, 0.4) is 0 Å². The summed E-state index contributed by atoms with van der Waals surface area (Å²) in [7, 11) is -1.50. The minimum Gasteiger partial charge on any atom is -0.336 e. The normalized spacial score (nSPS) is 21.6. The maximum Gasteiger partial charge on any atom is 0.272 e. The molecule has 0 bridgehead atoms. The summed E-state index contributed by atoms with van der Waals surface area (Å²) in [5, 5.41) is 0.490. The summed E-state index contributed by atoms with van der Waals surface area (Å²) in [5.74, 6) is -0.221. The maximum atomic E-state index is 12.8. The van der Waals surface area contributed by atoms with E-state index in [9.17, 15) is 13.2 Å². The zero-order chi connectivity index (χ0) is 17.3. The molecule has 5 nitrogen and oxygen atoms in total. The molecule has 1 amide bonds. The number of carbonyl (C=O) groups is 1. The Balaban J connectivity index is 1.89. The van der Waals surface area contributed by atoms with Crippen LogP contribution in [-0.4, -0.2) is 48.8 Å². The van der Waals surface area contributed by atoms with Crippen LogP contribution in [0.5, 0.6) is 0 Å². The van der Waals surface area contributed by atoms with Crippen molar-refractivity contribution in [1.29, 1.82) is 0 Å². The lowest BCUT2D eigenvalue weighted by Crippen LogP contribution is -2.49. The molecule has 0 radical (unpaired) electrons. The first-order valence-electron chi connectivity index (χ1n) is 8.20. The number of hydrogen-bond acceptors (Lipinski definition) is 4. The molecule has 0 aliphatic heterocycles. The average Bonchev–Trinajstić information content (AvgIpc) is 2.59. The molecule has 1 aliphatic carbocycles. The highest BCUT2D eigenvalue weighted by atomic mass is 32.2. The molecular weight excluding hydrogens is 324 g/mol. The van der Waals surface area contributed by atoms with E-state index in [0.717, 1.165) is 23.7 Å². The van der Waals surface area contributed by atoms with Crippen molar-refractivity contribution in [3.8, 4) is 0 Å². The van der Waals surface area contributed by atoms with Gasteiger partial charge >= 0.3 is 0 Å². The number of rotatable bonds is 3. The molecule has 6 heteroatoms. The third-order valence-electron chi connectivity index (χ3n) is 4.85. The summed E-state index contributed by atoms with van der Waals surface area (Å²) in [5.41, 5.74) is 1.12. The Morgan fingerprint density at radius 3 is 2.58 bits per heavy atom. The number of pyridine rings is 1. The number of para-hydroxylation sites is 1. The summed E-state index contributed by atoms with van der Waals surface area (Å²) in [4.78, 5) is 18.8. The first kappa shape index (κ1) is 16.9. The van der Waals surface area contributed by atoms with E-state index in [4.69, 9.17) is 0 Å². The second kappa shape index (κ2) is 6.51. The third kappa shape index (κ3) is 3.29. The largest absolute Gasteiger partial charge is 0.336 e. The van der Waals surface area contributed by atoms with Crippen molar-refractivity contribution in [2.45, 2.75) is 37.0 Å². The predicted molar refractivity (Wildman–Crippen MR) is 94.7 cm³/mol. The fourth-order valence-electron chi connectivity index (χ4n) is 3.54. The lowest BCUT2D eigenvalue weighted by atomic mass is 9.93. The van der Waals surface area contributed by atoms with E-state index in [-0.39, 0.29) is 11.9 Å². The van der Waals surface area contributed by atoms with Crippen LogP contribution in [0.15, 0.2) is 36.4 Å². The van der Waals surface area contributed by atoms with Crippen LogP contribution < -0.4 is 0 Å². The molecule has 0 N–H and O–H groups in total. The van der Waals surface area contributed by atoms with Crippen LogP contribution in [0, 0.1) is 0 Å². The van der Waals surface area contributed by atoms with Gasteiger partial charge < -0.3 is 4.90 Å². The Hall–Kier alpha value is -1.95. The maximum absolute atomic E-state index is 12.8. The summed E-state index contributed by atoms with van der Waals surface area (Å²) >= 11 is 0. The minimum absolute atomic E-state index is 0.221. The number of aromatic nitrogens is 1. The molecule has 1 heterocycles. The number of fused-ring (bicyclic) bond motifs is 1. The third-order valence-corrected chi connectivity index (χ3v) is 6.50. The monoisotopic (exact) mass is 346 g/mol. The van der Waals surface area contributed by atoms with Crippen molar-refractivity contribution in [1.82, 2.24) is 9.88 Å². The molecule has 128 valence electrons. The number of carbonyl (C=O) groups excluding carboxylic acids is 1. The summed E-state index contributed by atoms with van der Waals surface area (Å²) in [6, 6.07) is 10.9. The molecule has 0 saturated heterocycles. The highest BCUT2D eigenvalue weighted by Gasteiger charge is 2.37. The molecule has 1 aromatic carbocycles. The van der Waals surface area contributed by atoms with Crippen LogP contribution in [0.1, 0.15) is 36.2 Å². The Labute approximate surface area is 142 Å². The predicted octanol–water partition coefficient (Wildman–Crippen LogP) is 2.66. The van der Waals surface area contributed by atoms with Crippen molar-refractivity contribution in [3.05, 3.63) is 42.1 Å². The van der Waals surface area contributed by atoms with Gasteiger partial charge in [-0.15, -0.1) is 0 Å². The second-order valence-corrected chi connectivity index (χ2v) is 8.79. The van der Waals surface area contributed by atoms with E-state index in [0.29, 0.717) is 18.5 Å². The number of amides is 1. The van der Waals surface area contributed by atoms with Gasteiger partial charge in [0.1, 0.15) is 5.69 Å². The van der Waals surface area contributed by atoms with Gasteiger partial charge in [0.05, 0.1) is 10.8 Å². The quantitative estimate of drug-likeness (QED) is 0.857. The SMILES string of the molecule is CN(C(=O)c1ccc2ccccc2n1)[C@@H]1CCCC[C@@H]1S(C)(=O)=O. The topological polar surface area (TPSA) is 67.3 Å². The number of benzene rings is 1. The summed E-state index contributed by atoms with van der Waals surface area (Å²) in [6.45, 7) is 0. The number of nitrogens with zero attached hydrogens (tertiary/aromatic N) is 2. The highest BCUT2D eigenvalue weighted by molar-refractivity contribution is 7.91. The van der Waals surface area contributed by atoms with Gasteiger partial charge in [0.2, 0.25) is 0 Å². The van der Waals surface area contributed by atoms with Crippen molar-refractivity contribution in [2.24, 2.45) is 0 Å². The van der Waals surface area contributed by atoms with Gasteiger partial charge in [-0.25, -0.2) is 13.4 Å². The fraction of sp³-hybridized carbons (Fsp3) is 0.444. The van der Waals surface area contributed by atoms with Gasteiger partial charge in [-0.3, -0.25) is 4.79 Å². The van der Waals surface area contributed by atoms with Gasteiger partial charge in [0.25, 0.3) is 5.91 Å². The Bertz CT molecular complexity index is 863. The molecule has 1 aliphatic rings. The second-order valence-electron chi connectivity index (χ2n) is 6.53. The van der Waals surface area contributed by atoms with Crippen LogP contribution in [0.2, 0.25) is 0 Å². The van der Waals surface area contributed by atoms with Gasteiger partial charge in [-0.2, -0.15) is 0 Å².